The highest BCUT2D eigenvalue weighted by Crippen LogP contribution is 2.23. The topological polar surface area (TPSA) is 0 Å². The van der Waals surface area contributed by atoms with Gasteiger partial charge in [-0.15, -0.1) is 11.3 Å². The molecule has 0 N–H and O–H groups in total. The van der Waals surface area contributed by atoms with Crippen molar-refractivity contribution in [1.29, 1.82) is 0 Å². The summed E-state index contributed by atoms with van der Waals surface area (Å²) in [5.74, 6) is 0. The van der Waals surface area contributed by atoms with Crippen molar-refractivity contribution < 1.29 is 0 Å². The summed E-state index contributed by atoms with van der Waals surface area (Å²) in [6.07, 6.45) is 0. The molecule has 3 rings (SSSR count). The lowest BCUT2D eigenvalue weighted by Crippen LogP contribution is -1.36. The van der Waals surface area contributed by atoms with Crippen LogP contribution in [0, 0.1) is 0 Å². The molecule has 0 atom stereocenters. The molecule has 3 heterocycles. The smallest absolute Gasteiger partial charge is 0.0449 e. The molecule has 0 aliphatic carbocycles. The van der Waals surface area contributed by atoms with Crippen molar-refractivity contribution in [3.8, 4) is 0 Å². The second-order valence-corrected chi connectivity index (χ2v) is 4.91. The SMILES string of the molecule is c1cc2cscc2s1.c1ccsc1. The standard InChI is InChI=1S/C6H4S2.C4H4S/c1-2-8-6-4-7-3-5(1)6;1-2-4-5-3-1/h1-4H;1-4H. The molecule has 13 heavy (non-hydrogen) atoms. The second-order valence-electron chi connectivity index (χ2n) is 2.41. The molecule has 0 unspecified atom stereocenters. The zero-order valence-electron chi connectivity index (χ0n) is 6.84. The van der Waals surface area contributed by atoms with Crippen LogP contribution in [0.3, 0.4) is 0 Å². The summed E-state index contributed by atoms with van der Waals surface area (Å²) < 4.78 is 1.41. The summed E-state index contributed by atoms with van der Waals surface area (Å²) in [5.41, 5.74) is 0. The van der Waals surface area contributed by atoms with Gasteiger partial charge < -0.3 is 0 Å². The largest absolute Gasteiger partial charge is 0.152 e. The molecule has 0 amide bonds. The maximum atomic E-state index is 2.18. The third kappa shape index (κ3) is 2.40. The molecule has 0 radical (unpaired) electrons. The van der Waals surface area contributed by atoms with Gasteiger partial charge in [0.1, 0.15) is 0 Å². The van der Waals surface area contributed by atoms with E-state index in [4.69, 9.17) is 0 Å². The summed E-state index contributed by atoms with van der Waals surface area (Å²) >= 11 is 5.29. The van der Waals surface area contributed by atoms with Crippen molar-refractivity contribution in [1.82, 2.24) is 0 Å². The number of hydrogen-bond acceptors (Lipinski definition) is 3. The molecular formula is C10H8S3. The fourth-order valence-electron chi connectivity index (χ4n) is 0.920. The van der Waals surface area contributed by atoms with Gasteiger partial charge in [-0.1, -0.05) is 12.1 Å². The van der Waals surface area contributed by atoms with Crippen molar-refractivity contribution in [2.24, 2.45) is 0 Å². The number of hydrogen-bond donors (Lipinski definition) is 0. The van der Waals surface area contributed by atoms with Gasteiger partial charge in [-0.3, -0.25) is 0 Å². The minimum atomic E-state index is 1.39. The van der Waals surface area contributed by atoms with Crippen LogP contribution in [0.15, 0.2) is 45.1 Å². The maximum absolute atomic E-state index is 2.18. The lowest BCUT2D eigenvalue weighted by molar-refractivity contribution is 2.03. The van der Waals surface area contributed by atoms with Crippen molar-refractivity contribution in [3.63, 3.8) is 0 Å². The molecular weight excluding hydrogens is 216 g/mol. The highest BCUT2D eigenvalue weighted by Gasteiger charge is 1.90. The lowest BCUT2D eigenvalue weighted by atomic mass is 10.4. The van der Waals surface area contributed by atoms with Crippen LogP contribution < -0.4 is 0 Å². The first-order valence-electron chi connectivity index (χ1n) is 3.83. The first-order chi connectivity index (χ1) is 6.47. The van der Waals surface area contributed by atoms with E-state index in [1.165, 1.54) is 10.1 Å². The van der Waals surface area contributed by atoms with E-state index >= 15 is 0 Å². The Hall–Kier alpha value is -0.640. The summed E-state index contributed by atoms with van der Waals surface area (Å²) in [5, 5.41) is 11.9. The van der Waals surface area contributed by atoms with E-state index < -0.39 is 0 Å². The zero-order chi connectivity index (χ0) is 8.93. The minimum absolute atomic E-state index is 1.39. The highest BCUT2D eigenvalue weighted by atomic mass is 32.1. The molecule has 0 aliphatic heterocycles. The summed E-state index contributed by atoms with van der Waals surface area (Å²) in [6, 6.07) is 6.19. The van der Waals surface area contributed by atoms with E-state index in [1.54, 1.807) is 34.0 Å². The van der Waals surface area contributed by atoms with Crippen molar-refractivity contribution in [3.05, 3.63) is 45.1 Å². The van der Waals surface area contributed by atoms with E-state index in [1.807, 2.05) is 22.9 Å². The van der Waals surface area contributed by atoms with Crippen LogP contribution in [0.5, 0.6) is 0 Å². The van der Waals surface area contributed by atoms with Gasteiger partial charge in [0.05, 0.1) is 0 Å². The second kappa shape index (κ2) is 4.56. The van der Waals surface area contributed by atoms with Crippen LogP contribution in [-0.4, -0.2) is 0 Å². The van der Waals surface area contributed by atoms with Crippen molar-refractivity contribution >= 4 is 44.1 Å². The molecule has 3 aromatic rings. The number of fused-ring (bicyclic) bond motifs is 1. The molecule has 3 heteroatoms. The monoisotopic (exact) mass is 224 g/mol. The Morgan fingerprint density at radius 3 is 2.31 bits per heavy atom. The molecule has 0 spiro atoms. The molecule has 0 aliphatic rings. The van der Waals surface area contributed by atoms with E-state index in [2.05, 4.69) is 22.2 Å². The van der Waals surface area contributed by atoms with Gasteiger partial charge in [0, 0.05) is 15.5 Å². The van der Waals surface area contributed by atoms with E-state index in [0.717, 1.165) is 0 Å². The van der Waals surface area contributed by atoms with Crippen LogP contribution in [-0.2, 0) is 0 Å². The highest BCUT2D eigenvalue weighted by molar-refractivity contribution is 7.21. The van der Waals surface area contributed by atoms with Crippen LogP contribution in [0.1, 0.15) is 0 Å². The van der Waals surface area contributed by atoms with Crippen molar-refractivity contribution in [2.75, 3.05) is 0 Å². The van der Waals surface area contributed by atoms with Gasteiger partial charge in [-0.25, -0.2) is 0 Å². The van der Waals surface area contributed by atoms with Crippen LogP contribution in [0.4, 0.5) is 0 Å². The molecule has 0 aromatic carbocycles. The predicted octanol–water partition coefficient (Wildman–Crippen LogP) is 4.71. The first kappa shape index (κ1) is 8.94. The van der Waals surface area contributed by atoms with Gasteiger partial charge in [-0.2, -0.15) is 22.7 Å². The Labute approximate surface area is 89.1 Å². The third-order valence-corrected chi connectivity index (χ3v) is 3.94. The Kier molecular flexibility index (Phi) is 3.13. The predicted molar refractivity (Wildman–Crippen MR) is 64.0 cm³/mol. The number of thiophene rings is 3. The Bertz CT molecular complexity index is 365. The fraction of sp³-hybridized carbons (Fsp3) is 0. The van der Waals surface area contributed by atoms with Crippen LogP contribution in [0.2, 0.25) is 0 Å². The van der Waals surface area contributed by atoms with Crippen molar-refractivity contribution in [2.45, 2.75) is 0 Å². The Morgan fingerprint density at radius 2 is 1.69 bits per heavy atom. The van der Waals surface area contributed by atoms with E-state index in [0.29, 0.717) is 0 Å². The molecule has 0 saturated carbocycles. The van der Waals surface area contributed by atoms with E-state index in [9.17, 15) is 0 Å². The molecule has 0 saturated heterocycles. The molecule has 0 bridgehead atoms. The molecule has 0 nitrogen and oxygen atoms in total. The average molecular weight is 224 g/mol. The normalized spacial score (nSPS) is 9.54. The summed E-state index contributed by atoms with van der Waals surface area (Å²) in [6.45, 7) is 0. The summed E-state index contributed by atoms with van der Waals surface area (Å²) in [7, 11) is 0. The van der Waals surface area contributed by atoms with Gasteiger partial charge in [0.2, 0.25) is 0 Å². The third-order valence-electron chi connectivity index (χ3n) is 1.52. The molecule has 0 fully saturated rings. The minimum Gasteiger partial charge on any atom is -0.152 e. The maximum Gasteiger partial charge on any atom is 0.0449 e. The van der Waals surface area contributed by atoms with Crippen LogP contribution in [0.25, 0.3) is 10.1 Å². The van der Waals surface area contributed by atoms with Gasteiger partial charge in [0.15, 0.2) is 0 Å². The van der Waals surface area contributed by atoms with Crippen LogP contribution >= 0.6 is 34.0 Å². The lowest BCUT2D eigenvalue weighted by Gasteiger charge is -1.63. The Balaban J connectivity index is 0.000000113. The number of rotatable bonds is 0. The average Bonchev–Trinajstić information content (AvgIpc) is 2.84. The van der Waals surface area contributed by atoms with E-state index in [-0.39, 0.29) is 0 Å². The molecule has 3 aromatic heterocycles. The quantitative estimate of drug-likeness (QED) is 0.518. The first-order valence-corrected chi connectivity index (χ1v) is 6.60. The van der Waals surface area contributed by atoms with Gasteiger partial charge >= 0.3 is 0 Å². The van der Waals surface area contributed by atoms with Gasteiger partial charge in [0.25, 0.3) is 0 Å². The summed E-state index contributed by atoms with van der Waals surface area (Å²) in [4.78, 5) is 0. The molecule has 66 valence electrons. The zero-order valence-corrected chi connectivity index (χ0v) is 9.29. The Morgan fingerprint density at radius 1 is 0.846 bits per heavy atom. The fourth-order valence-corrected chi connectivity index (χ4v) is 3.14. The van der Waals surface area contributed by atoms with Gasteiger partial charge in [-0.05, 0) is 27.6 Å².